The Bertz CT molecular complexity index is 2950. The number of hydrogen-bond donors (Lipinski definition) is 0. The predicted octanol–water partition coefficient (Wildman–Crippen LogP) is 15.3. The lowest BCUT2D eigenvalue weighted by molar-refractivity contribution is 0.794. The van der Waals surface area contributed by atoms with E-state index in [9.17, 15) is 0 Å². The van der Waals surface area contributed by atoms with Gasteiger partial charge >= 0.3 is 0 Å². The van der Waals surface area contributed by atoms with E-state index in [1.165, 1.54) is 104 Å². The Hall–Kier alpha value is -6.67. The topological polar surface area (TPSA) is 0 Å². The lowest BCUT2D eigenvalue weighted by atomic mass is 9.70. The highest BCUT2D eigenvalue weighted by Gasteiger charge is 2.51. The number of fused-ring (bicyclic) bond motifs is 10. The van der Waals surface area contributed by atoms with E-state index in [1.54, 1.807) is 0 Å². The maximum absolute atomic E-state index is 2.51. The van der Waals surface area contributed by atoms with Gasteiger partial charge in [0, 0.05) is 9.79 Å². The fraction of sp³-hybridized carbons (Fsp3) is 0.0690. The molecule has 0 saturated carbocycles. The molecule has 2 aliphatic rings. The van der Waals surface area contributed by atoms with Crippen molar-refractivity contribution in [3.05, 3.63) is 251 Å². The summed E-state index contributed by atoms with van der Waals surface area (Å²) in [7, 11) is 0. The molecule has 0 aliphatic heterocycles. The molecule has 0 radical (unpaired) electrons. The fourth-order valence-electron chi connectivity index (χ4n) is 9.79. The minimum atomic E-state index is -0.369. The molecule has 1 spiro atoms. The summed E-state index contributed by atoms with van der Waals surface area (Å²) < 4.78 is 0. The lowest BCUT2D eigenvalue weighted by Gasteiger charge is -2.30. The van der Waals surface area contributed by atoms with Gasteiger partial charge in [0.1, 0.15) is 0 Å². The standard InChI is InChI=1S/C58H42S/c1-2-40-29-30-45(42-17-7-4-8-18-42)37-56(40)59-57-38-46(31-32-47(57)35-39-25-27-43(28-26-39)41-15-5-3-6-16-41)44-33-34-51-50-21-11-14-24-54(50)58(55(51)36-44)52-22-12-9-19-48(52)49-20-10-13-23-53(49)58/h3-34,36-38H,2,35H2,1H3. The van der Waals surface area contributed by atoms with Gasteiger partial charge in [0.25, 0.3) is 0 Å². The summed E-state index contributed by atoms with van der Waals surface area (Å²) in [6.07, 6.45) is 1.83. The average molecular weight is 771 g/mol. The van der Waals surface area contributed by atoms with Crippen LogP contribution < -0.4 is 0 Å². The smallest absolute Gasteiger partial charge is 0.0725 e. The Morgan fingerprint density at radius 1 is 0.339 bits per heavy atom. The van der Waals surface area contributed by atoms with Crippen LogP contribution in [0.15, 0.2) is 222 Å². The van der Waals surface area contributed by atoms with Crippen LogP contribution in [-0.2, 0) is 18.3 Å². The van der Waals surface area contributed by atoms with Gasteiger partial charge in [0.2, 0.25) is 0 Å². The molecule has 0 heterocycles. The summed E-state index contributed by atoms with van der Waals surface area (Å²) in [4.78, 5) is 2.61. The van der Waals surface area contributed by atoms with E-state index in [2.05, 4.69) is 219 Å². The number of hydrogen-bond acceptors (Lipinski definition) is 1. The second-order valence-corrected chi connectivity index (χ2v) is 16.9. The van der Waals surface area contributed by atoms with Crippen LogP contribution in [0.25, 0.3) is 55.6 Å². The molecule has 2 aliphatic carbocycles. The second-order valence-electron chi connectivity index (χ2n) is 15.9. The summed E-state index contributed by atoms with van der Waals surface area (Å²) in [5, 5.41) is 0. The molecular formula is C58H42S. The molecule has 0 unspecified atom stereocenters. The fourth-order valence-corrected chi connectivity index (χ4v) is 11.0. The van der Waals surface area contributed by atoms with Crippen LogP contribution in [0, 0.1) is 0 Å². The summed E-state index contributed by atoms with van der Waals surface area (Å²) >= 11 is 1.92. The van der Waals surface area contributed by atoms with Crippen molar-refractivity contribution in [2.75, 3.05) is 0 Å². The molecule has 9 aromatic rings. The molecule has 0 fully saturated rings. The Morgan fingerprint density at radius 2 is 0.746 bits per heavy atom. The summed E-state index contributed by atoms with van der Waals surface area (Å²) in [6.45, 7) is 2.27. The van der Waals surface area contributed by atoms with Crippen LogP contribution in [0.2, 0.25) is 0 Å². The number of rotatable bonds is 8. The van der Waals surface area contributed by atoms with Gasteiger partial charge < -0.3 is 0 Å². The zero-order chi connectivity index (χ0) is 39.3. The minimum Gasteiger partial charge on any atom is -0.0895 e. The van der Waals surface area contributed by atoms with Crippen molar-refractivity contribution in [1.29, 1.82) is 0 Å². The molecule has 11 rings (SSSR count). The first-order valence-corrected chi connectivity index (χ1v) is 21.6. The van der Waals surface area contributed by atoms with E-state index >= 15 is 0 Å². The first kappa shape index (κ1) is 35.5. The normalized spacial score (nSPS) is 12.8. The molecule has 0 saturated heterocycles. The van der Waals surface area contributed by atoms with Gasteiger partial charge in [0.05, 0.1) is 5.41 Å². The van der Waals surface area contributed by atoms with Gasteiger partial charge in [-0.2, -0.15) is 0 Å². The maximum Gasteiger partial charge on any atom is 0.0725 e. The van der Waals surface area contributed by atoms with E-state index in [0.29, 0.717) is 0 Å². The monoisotopic (exact) mass is 770 g/mol. The Morgan fingerprint density at radius 3 is 1.32 bits per heavy atom. The highest BCUT2D eigenvalue weighted by Crippen LogP contribution is 2.63. The Labute approximate surface area is 351 Å². The van der Waals surface area contributed by atoms with Crippen molar-refractivity contribution in [2.24, 2.45) is 0 Å². The molecule has 59 heavy (non-hydrogen) atoms. The lowest BCUT2D eigenvalue weighted by Crippen LogP contribution is -2.25. The summed E-state index contributed by atoms with van der Waals surface area (Å²) in [5.74, 6) is 0. The Balaban J connectivity index is 1.05. The summed E-state index contributed by atoms with van der Waals surface area (Å²) in [6, 6.07) is 79.2. The predicted molar refractivity (Wildman–Crippen MR) is 248 cm³/mol. The van der Waals surface area contributed by atoms with Crippen LogP contribution in [0.1, 0.15) is 45.9 Å². The first-order chi connectivity index (χ1) is 29.2. The van der Waals surface area contributed by atoms with E-state index in [-0.39, 0.29) is 5.41 Å². The molecule has 0 nitrogen and oxygen atoms in total. The van der Waals surface area contributed by atoms with Crippen molar-refractivity contribution in [1.82, 2.24) is 0 Å². The van der Waals surface area contributed by atoms with E-state index in [1.807, 2.05) is 11.8 Å². The molecule has 280 valence electrons. The van der Waals surface area contributed by atoms with Gasteiger partial charge in [-0.25, -0.2) is 0 Å². The SMILES string of the molecule is CCc1ccc(-c2ccccc2)cc1Sc1cc(-c2ccc3c(c2)C2(c4ccccc4-c4ccccc42)c2ccccc2-3)ccc1Cc1ccc(-c2ccccc2)cc1. The van der Waals surface area contributed by atoms with Crippen LogP contribution in [0.5, 0.6) is 0 Å². The highest BCUT2D eigenvalue weighted by molar-refractivity contribution is 7.99. The van der Waals surface area contributed by atoms with Crippen LogP contribution in [-0.4, -0.2) is 0 Å². The van der Waals surface area contributed by atoms with E-state index in [0.717, 1.165) is 12.8 Å². The van der Waals surface area contributed by atoms with Gasteiger partial charge in [0.15, 0.2) is 0 Å². The van der Waals surface area contributed by atoms with Gasteiger partial charge in [-0.05, 0) is 126 Å². The summed E-state index contributed by atoms with van der Waals surface area (Å²) in [5.41, 5.74) is 21.9. The van der Waals surface area contributed by atoms with Gasteiger partial charge in [-0.15, -0.1) is 0 Å². The van der Waals surface area contributed by atoms with Crippen molar-refractivity contribution >= 4 is 11.8 Å². The highest BCUT2D eigenvalue weighted by atomic mass is 32.2. The molecule has 0 atom stereocenters. The molecule has 9 aromatic carbocycles. The quantitative estimate of drug-likeness (QED) is 0.148. The van der Waals surface area contributed by atoms with Crippen LogP contribution in [0.4, 0.5) is 0 Å². The van der Waals surface area contributed by atoms with Crippen molar-refractivity contribution in [3.8, 4) is 55.6 Å². The zero-order valence-electron chi connectivity index (χ0n) is 33.0. The molecule has 0 N–H and O–H groups in total. The molecule has 0 amide bonds. The Kier molecular flexibility index (Phi) is 8.79. The number of benzene rings is 9. The molecule has 0 aromatic heterocycles. The third-order valence-corrected chi connectivity index (χ3v) is 13.8. The van der Waals surface area contributed by atoms with Crippen molar-refractivity contribution in [3.63, 3.8) is 0 Å². The minimum absolute atomic E-state index is 0.369. The van der Waals surface area contributed by atoms with Crippen molar-refractivity contribution in [2.45, 2.75) is 35.0 Å². The molecular weight excluding hydrogens is 729 g/mol. The molecule has 0 bridgehead atoms. The second kappa shape index (κ2) is 14.6. The third-order valence-electron chi connectivity index (χ3n) is 12.6. The third kappa shape index (κ3) is 5.91. The van der Waals surface area contributed by atoms with E-state index in [4.69, 9.17) is 0 Å². The van der Waals surface area contributed by atoms with Crippen LogP contribution >= 0.6 is 11.8 Å². The average Bonchev–Trinajstić information content (AvgIpc) is 3.77. The van der Waals surface area contributed by atoms with Gasteiger partial charge in [-0.3, -0.25) is 0 Å². The maximum atomic E-state index is 2.51. The van der Waals surface area contributed by atoms with Crippen LogP contribution in [0.3, 0.4) is 0 Å². The molecule has 1 heteroatoms. The van der Waals surface area contributed by atoms with Gasteiger partial charge in [-0.1, -0.05) is 213 Å². The first-order valence-electron chi connectivity index (χ1n) is 20.8. The number of aryl methyl sites for hydroxylation is 1. The van der Waals surface area contributed by atoms with E-state index < -0.39 is 0 Å². The van der Waals surface area contributed by atoms with Crippen molar-refractivity contribution < 1.29 is 0 Å². The largest absolute Gasteiger partial charge is 0.0895 e. The zero-order valence-corrected chi connectivity index (χ0v) is 33.8.